The number of hydrogen-bond acceptors (Lipinski definition) is 5. The number of aromatic hydroxyl groups is 1. The highest BCUT2D eigenvalue weighted by atomic mass is 32.2. The maximum absolute atomic E-state index is 15.0. The summed E-state index contributed by atoms with van der Waals surface area (Å²) in [4.78, 5) is 11.4. The summed E-state index contributed by atoms with van der Waals surface area (Å²) in [5, 5.41) is 10.6. The number of amides is 1. The van der Waals surface area contributed by atoms with E-state index in [9.17, 15) is 22.7 Å². The van der Waals surface area contributed by atoms with Gasteiger partial charge in [-0.1, -0.05) is 19.9 Å². The summed E-state index contributed by atoms with van der Waals surface area (Å²) in [5.41, 5.74) is -0.563. The molecule has 0 aliphatic carbocycles. The quantitative estimate of drug-likeness (QED) is 0.859. The van der Waals surface area contributed by atoms with Gasteiger partial charge in [-0.2, -0.15) is 8.42 Å². The van der Waals surface area contributed by atoms with Crippen LogP contribution in [0.1, 0.15) is 13.8 Å². The Morgan fingerprint density at radius 1 is 1.36 bits per heavy atom. The molecule has 0 saturated carbocycles. The minimum absolute atomic E-state index is 0.0867. The van der Waals surface area contributed by atoms with Crippen molar-refractivity contribution in [2.75, 3.05) is 17.5 Å². The van der Waals surface area contributed by atoms with Gasteiger partial charge in [0.15, 0.2) is 5.82 Å². The van der Waals surface area contributed by atoms with Crippen LogP contribution in [-0.4, -0.2) is 32.6 Å². The molecule has 1 saturated heterocycles. The molecule has 1 aliphatic rings. The minimum Gasteiger partial charge on any atom is -0.506 e. The Balaban J connectivity index is 2.12. The third-order valence-corrected chi connectivity index (χ3v) is 5.03. The smallest absolute Gasteiger partial charge is 0.326 e. The largest absolute Gasteiger partial charge is 0.506 e. The van der Waals surface area contributed by atoms with Gasteiger partial charge in [0.1, 0.15) is 23.7 Å². The van der Waals surface area contributed by atoms with Crippen molar-refractivity contribution in [1.82, 2.24) is 4.72 Å². The molecule has 1 amide bonds. The van der Waals surface area contributed by atoms with Crippen molar-refractivity contribution in [3.05, 3.63) is 30.1 Å². The standard InChI is InChI=1S/C16H17FN2O5S/c1-9(2)8-24-11-4-3-10-5-13(20)16(15(17)12(10)6-11)19-7-14(21)18-25(19,22)23/h3-6,9,20H,7-8H2,1-2H3,(H,18,21). The molecule has 1 aliphatic heterocycles. The van der Waals surface area contributed by atoms with Crippen molar-refractivity contribution >= 4 is 32.6 Å². The van der Waals surface area contributed by atoms with Gasteiger partial charge in [-0.3, -0.25) is 4.79 Å². The van der Waals surface area contributed by atoms with Crippen molar-refractivity contribution in [1.29, 1.82) is 0 Å². The molecule has 134 valence electrons. The first-order valence-corrected chi connectivity index (χ1v) is 9.04. The maximum Gasteiger partial charge on any atom is 0.326 e. The number of rotatable bonds is 4. The van der Waals surface area contributed by atoms with Crippen LogP contribution in [-0.2, 0) is 15.0 Å². The second kappa shape index (κ2) is 6.07. The van der Waals surface area contributed by atoms with E-state index in [0.717, 1.165) is 0 Å². The first kappa shape index (κ1) is 17.3. The van der Waals surface area contributed by atoms with Crippen LogP contribution >= 0.6 is 0 Å². The van der Waals surface area contributed by atoms with Gasteiger partial charge < -0.3 is 9.84 Å². The van der Waals surface area contributed by atoms with E-state index in [0.29, 0.717) is 22.0 Å². The Labute approximate surface area is 144 Å². The van der Waals surface area contributed by atoms with Gasteiger partial charge in [-0.15, -0.1) is 0 Å². The minimum atomic E-state index is -4.23. The number of carbonyl (C=O) groups is 1. The number of hydrogen-bond donors (Lipinski definition) is 2. The number of carbonyl (C=O) groups excluding carboxylic acids is 1. The van der Waals surface area contributed by atoms with E-state index in [1.54, 1.807) is 16.9 Å². The number of benzene rings is 2. The third kappa shape index (κ3) is 3.19. The van der Waals surface area contributed by atoms with Crippen LogP contribution < -0.4 is 13.8 Å². The summed E-state index contributed by atoms with van der Waals surface area (Å²) in [6.07, 6.45) is 0. The predicted octanol–water partition coefficient (Wildman–Crippen LogP) is 1.90. The average molecular weight is 368 g/mol. The molecule has 1 fully saturated rings. The van der Waals surface area contributed by atoms with Crippen molar-refractivity contribution in [2.24, 2.45) is 5.92 Å². The lowest BCUT2D eigenvalue weighted by Crippen LogP contribution is -2.30. The molecule has 0 radical (unpaired) electrons. The number of ether oxygens (including phenoxy) is 1. The molecule has 2 aromatic rings. The van der Waals surface area contributed by atoms with Crippen LogP contribution in [0.2, 0.25) is 0 Å². The van der Waals surface area contributed by atoms with Crippen molar-refractivity contribution in [2.45, 2.75) is 13.8 Å². The first-order chi connectivity index (χ1) is 11.7. The predicted molar refractivity (Wildman–Crippen MR) is 90.3 cm³/mol. The second-order valence-corrected chi connectivity index (χ2v) is 7.78. The first-order valence-electron chi connectivity index (χ1n) is 7.60. The number of nitrogens with one attached hydrogen (secondary N) is 1. The number of halogens is 1. The zero-order valence-electron chi connectivity index (χ0n) is 13.6. The molecule has 0 atom stereocenters. The van der Waals surface area contributed by atoms with Gasteiger partial charge in [0.25, 0.3) is 5.91 Å². The molecule has 0 spiro atoms. The maximum atomic E-state index is 15.0. The fourth-order valence-electron chi connectivity index (χ4n) is 2.54. The number of anilines is 1. The highest BCUT2D eigenvalue weighted by Gasteiger charge is 2.37. The van der Waals surface area contributed by atoms with Crippen LogP contribution in [0.15, 0.2) is 24.3 Å². The summed E-state index contributed by atoms with van der Waals surface area (Å²) in [6, 6.07) is 5.90. The van der Waals surface area contributed by atoms with E-state index in [1.165, 1.54) is 12.1 Å². The Morgan fingerprint density at radius 3 is 2.68 bits per heavy atom. The van der Waals surface area contributed by atoms with Gasteiger partial charge in [0, 0.05) is 5.39 Å². The van der Waals surface area contributed by atoms with Gasteiger partial charge in [-0.05, 0) is 29.5 Å². The lowest BCUT2D eigenvalue weighted by Gasteiger charge is -2.18. The molecule has 25 heavy (non-hydrogen) atoms. The lowest BCUT2D eigenvalue weighted by molar-refractivity contribution is -0.117. The number of phenols is 1. The van der Waals surface area contributed by atoms with Gasteiger partial charge in [-0.25, -0.2) is 13.4 Å². The van der Waals surface area contributed by atoms with Crippen molar-refractivity contribution in [3.8, 4) is 11.5 Å². The van der Waals surface area contributed by atoms with E-state index in [4.69, 9.17) is 4.74 Å². The zero-order valence-corrected chi connectivity index (χ0v) is 14.4. The molecule has 1 heterocycles. The lowest BCUT2D eigenvalue weighted by atomic mass is 10.1. The van der Waals surface area contributed by atoms with Crippen LogP contribution in [0, 0.1) is 11.7 Å². The topological polar surface area (TPSA) is 95.9 Å². The van der Waals surface area contributed by atoms with Crippen LogP contribution in [0.3, 0.4) is 0 Å². The molecule has 0 aromatic heterocycles. The summed E-state index contributed by atoms with van der Waals surface area (Å²) >= 11 is 0. The number of phenolic OH excluding ortho intramolecular Hbond substituents is 1. The van der Waals surface area contributed by atoms with E-state index < -0.39 is 39.9 Å². The molecule has 0 unspecified atom stereocenters. The monoisotopic (exact) mass is 368 g/mol. The molecule has 9 heteroatoms. The van der Waals surface area contributed by atoms with Crippen molar-refractivity contribution in [3.63, 3.8) is 0 Å². The van der Waals surface area contributed by atoms with E-state index in [1.807, 2.05) is 13.8 Å². The highest BCUT2D eigenvalue weighted by molar-refractivity contribution is 7.92. The van der Waals surface area contributed by atoms with Gasteiger partial charge >= 0.3 is 10.2 Å². The summed E-state index contributed by atoms with van der Waals surface area (Å²) in [5.74, 6) is -1.60. The van der Waals surface area contributed by atoms with Gasteiger partial charge in [0.05, 0.1) is 6.61 Å². The normalized spacial score (nSPS) is 16.5. The molecular formula is C16H17FN2O5S. The zero-order chi connectivity index (χ0) is 18.4. The molecule has 2 N–H and O–H groups in total. The molecule has 3 rings (SSSR count). The van der Waals surface area contributed by atoms with Crippen LogP contribution in [0.25, 0.3) is 10.8 Å². The second-order valence-electron chi connectivity index (χ2n) is 6.18. The fraction of sp³-hybridized carbons (Fsp3) is 0.312. The molecule has 7 nitrogen and oxygen atoms in total. The van der Waals surface area contributed by atoms with E-state index in [2.05, 4.69) is 0 Å². The SMILES string of the molecule is CC(C)COc1ccc2cc(O)c(N3CC(=O)NS3(=O)=O)c(F)c2c1. The summed E-state index contributed by atoms with van der Waals surface area (Å²) in [6.45, 7) is 3.79. The Kier molecular flexibility index (Phi) is 4.19. The fourth-order valence-corrected chi connectivity index (χ4v) is 3.71. The van der Waals surface area contributed by atoms with Crippen LogP contribution in [0.4, 0.5) is 10.1 Å². The van der Waals surface area contributed by atoms with E-state index >= 15 is 0 Å². The number of fused-ring (bicyclic) bond motifs is 1. The van der Waals surface area contributed by atoms with Gasteiger partial charge in [0.2, 0.25) is 0 Å². The number of nitrogens with zero attached hydrogens (tertiary/aromatic N) is 1. The Bertz CT molecular complexity index is 959. The highest BCUT2D eigenvalue weighted by Crippen LogP contribution is 2.39. The van der Waals surface area contributed by atoms with Crippen molar-refractivity contribution < 1.29 is 27.4 Å². The average Bonchev–Trinajstić information content (AvgIpc) is 2.78. The molecule has 2 aromatic carbocycles. The Morgan fingerprint density at radius 2 is 2.08 bits per heavy atom. The Hall–Kier alpha value is -2.55. The summed E-state index contributed by atoms with van der Waals surface area (Å²) in [7, 11) is -4.23. The molecule has 0 bridgehead atoms. The third-order valence-electron chi connectivity index (χ3n) is 3.66. The van der Waals surface area contributed by atoms with Crippen LogP contribution in [0.5, 0.6) is 11.5 Å². The molecular weight excluding hydrogens is 351 g/mol. The summed E-state index contributed by atoms with van der Waals surface area (Å²) < 4.78 is 46.7. The van der Waals surface area contributed by atoms with E-state index in [-0.39, 0.29) is 11.3 Å².